The van der Waals surface area contributed by atoms with Crippen LogP contribution < -0.4 is 0 Å². The third-order valence-electron chi connectivity index (χ3n) is 2.04. The zero-order chi connectivity index (χ0) is 9.68. The molecule has 1 aliphatic rings. The molecule has 0 unspecified atom stereocenters. The lowest BCUT2D eigenvalue weighted by Gasteiger charge is -2.12. The largest absolute Gasteiger partial charge is 0.308 e. The summed E-state index contributed by atoms with van der Waals surface area (Å²) in [5.74, 6) is 0. The molecule has 0 aromatic heterocycles. The molecule has 0 aromatic carbocycles. The second-order valence-electron chi connectivity index (χ2n) is 3.01. The summed E-state index contributed by atoms with van der Waals surface area (Å²) in [6, 6.07) is 0. The van der Waals surface area contributed by atoms with Gasteiger partial charge in [0.1, 0.15) is 0 Å². The first-order valence-electron chi connectivity index (χ1n) is 4.59. The molecule has 1 aliphatic carbocycles. The molecule has 1 nitrogen and oxygen atoms in total. The van der Waals surface area contributed by atoms with E-state index < -0.39 is 0 Å². The maximum atomic E-state index is 7.29. The maximum absolute atomic E-state index is 7.29. The Bertz CT molecular complexity index is 284. The normalized spacial score (nSPS) is 17.8. The molecule has 70 valence electrons. The van der Waals surface area contributed by atoms with Crippen molar-refractivity contribution in [2.24, 2.45) is 0 Å². The highest BCUT2D eigenvalue weighted by Gasteiger charge is 2.08. The molecular formula is C11H15NS. The molecule has 0 bridgehead atoms. The van der Waals surface area contributed by atoms with Crippen LogP contribution in [0.15, 0.2) is 34.3 Å². The molecule has 0 radical (unpaired) electrons. The van der Waals surface area contributed by atoms with Crippen LogP contribution in [-0.4, -0.2) is 6.21 Å². The van der Waals surface area contributed by atoms with E-state index in [1.54, 1.807) is 0 Å². The molecule has 0 heterocycles. The summed E-state index contributed by atoms with van der Waals surface area (Å²) in [7, 11) is 0. The standard InChI is InChI=1S/C11H15NS/c1-2-3-5-9-6-4-7-11(13)10(9)8-12/h3,5-6,8,12-13H,2,4,7H2,1H3/b5-3-,12-8?. The molecular weight excluding hydrogens is 178 g/mol. The van der Waals surface area contributed by atoms with Crippen molar-refractivity contribution in [1.29, 1.82) is 5.41 Å². The fraction of sp³-hybridized carbons (Fsp3) is 0.364. The van der Waals surface area contributed by atoms with Gasteiger partial charge in [-0.2, -0.15) is 0 Å². The highest BCUT2D eigenvalue weighted by atomic mass is 32.1. The Morgan fingerprint density at radius 2 is 2.38 bits per heavy atom. The molecule has 1 rings (SSSR count). The van der Waals surface area contributed by atoms with Gasteiger partial charge in [-0.15, -0.1) is 12.6 Å². The van der Waals surface area contributed by atoms with Crippen molar-refractivity contribution in [3.8, 4) is 0 Å². The Morgan fingerprint density at radius 1 is 1.62 bits per heavy atom. The number of rotatable bonds is 3. The Morgan fingerprint density at radius 3 is 3.00 bits per heavy atom. The quantitative estimate of drug-likeness (QED) is 0.506. The molecule has 0 saturated heterocycles. The number of nitrogens with one attached hydrogen (secondary N) is 1. The smallest absolute Gasteiger partial charge is 0.0264 e. The van der Waals surface area contributed by atoms with Crippen LogP contribution in [0, 0.1) is 5.41 Å². The summed E-state index contributed by atoms with van der Waals surface area (Å²) in [4.78, 5) is 1.04. The van der Waals surface area contributed by atoms with Crippen molar-refractivity contribution in [2.45, 2.75) is 26.2 Å². The number of allylic oxidation sites excluding steroid dienone is 6. The summed E-state index contributed by atoms with van der Waals surface area (Å²) in [6.45, 7) is 2.11. The first-order chi connectivity index (χ1) is 6.29. The minimum Gasteiger partial charge on any atom is -0.308 e. The molecule has 1 N–H and O–H groups in total. The molecule has 0 fully saturated rings. The van der Waals surface area contributed by atoms with E-state index in [-0.39, 0.29) is 0 Å². The summed E-state index contributed by atoms with van der Waals surface area (Å²) < 4.78 is 0. The van der Waals surface area contributed by atoms with Gasteiger partial charge in [-0.1, -0.05) is 25.2 Å². The molecule has 0 saturated carbocycles. The summed E-state index contributed by atoms with van der Waals surface area (Å²) in [6.07, 6.45) is 10.8. The van der Waals surface area contributed by atoms with Gasteiger partial charge in [0.25, 0.3) is 0 Å². The Hall–Kier alpha value is -0.760. The van der Waals surface area contributed by atoms with Crippen molar-refractivity contribution in [2.75, 3.05) is 0 Å². The zero-order valence-corrected chi connectivity index (χ0v) is 8.77. The van der Waals surface area contributed by atoms with Gasteiger partial charge in [0.15, 0.2) is 0 Å². The van der Waals surface area contributed by atoms with Crippen LogP contribution in [0.5, 0.6) is 0 Å². The van der Waals surface area contributed by atoms with E-state index in [2.05, 4.69) is 37.8 Å². The molecule has 0 amide bonds. The summed E-state index contributed by atoms with van der Waals surface area (Å²) in [5.41, 5.74) is 2.12. The van der Waals surface area contributed by atoms with E-state index in [9.17, 15) is 0 Å². The van der Waals surface area contributed by atoms with Crippen LogP contribution in [0.4, 0.5) is 0 Å². The van der Waals surface area contributed by atoms with E-state index in [1.165, 1.54) is 6.21 Å². The summed E-state index contributed by atoms with van der Waals surface area (Å²) in [5, 5.41) is 7.29. The second-order valence-corrected chi connectivity index (χ2v) is 3.55. The van der Waals surface area contributed by atoms with Crippen molar-refractivity contribution in [3.63, 3.8) is 0 Å². The third-order valence-corrected chi connectivity index (χ3v) is 2.51. The molecule has 13 heavy (non-hydrogen) atoms. The molecule has 0 spiro atoms. The van der Waals surface area contributed by atoms with Crippen LogP contribution in [0.25, 0.3) is 0 Å². The second kappa shape index (κ2) is 5.07. The van der Waals surface area contributed by atoms with Crippen molar-refractivity contribution in [3.05, 3.63) is 34.3 Å². The van der Waals surface area contributed by atoms with Gasteiger partial charge in [-0.3, -0.25) is 0 Å². The van der Waals surface area contributed by atoms with Crippen molar-refractivity contribution in [1.82, 2.24) is 0 Å². The van der Waals surface area contributed by atoms with Gasteiger partial charge >= 0.3 is 0 Å². The van der Waals surface area contributed by atoms with Crippen molar-refractivity contribution < 1.29 is 0 Å². The number of hydrogen-bond donors (Lipinski definition) is 2. The molecule has 0 aliphatic heterocycles. The predicted octanol–water partition coefficient (Wildman–Crippen LogP) is 3.51. The first kappa shape index (κ1) is 10.3. The molecule has 0 aromatic rings. The fourth-order valence-electron chi connectivity index (χ4n) is 1.34. The van der Waals surface area contributed by atoms with Crippen LogP contribution in [-0.2, 0) is 0 Å². The van der Waals surface area contributed by atoms with Gasteiger partial charge in [0.05, 0.1) is 0 Å². The van der Waals surface area contributed by atoms with Crippen LogP contribution >= 0.6 is 12.6 Å². The summed E-state index contributed by atoms with van der Waals surface area (Å²) >= 11 is 4.37. The minimum absolute atomic E-state index is 0.970. The average molecular weight is 193 g/mol. The SMILES string of the molecule is CC/C=C\C1=CCCC(S)=C1C=N. The lowest BCUT2D eigenvalue weighted by atomic mass is 9.98. The third kappa shape index (κ3) is 2.59. The topological polar surface area (TPSA) is 23.9 Å². The van der Waals surface area contributed by atoms with Gasteiger partial charge in [-0.05, 0) is 29.7 Å². The fourth-order valence-corrected chi connectivity index (χ4v) is 1.67. The monoisotopic (exact) mass is 193 g/mol. The van der Waals surface area contributed by atoms with Crippen LogP contribution in [0.3, 0.4) is 0 Å². The molecule has 0 atom stereocenters. The van der Waals surface area contributed by atoms with Crippen molar-refractivity contribution >= 4 is 18.8 Å². The lowest BCUT2D eigenvalue weighted by Crippen LogP contribution is -1.97. The molecule has 2 heteroatoms. The Kier molecular flexibility index (Phi) is 4.03. The van der Waals surface area contributed by atoms with Crippen LogP contribution in [0.1, 0.15) is 26.2 Å². The van der Waals surface area contributed by atoms with Gasteiger partial charge in [0, 0.05) is 11.8 Å². The van der Waals surface area contributed by atoms with Crippen LogP contribution in [0.2, 0.25) is 0 Å². The number of thiol groups is 1. The van der Waals surface area contributed by atoms with E-state index in [0.29, 0.717) is 0 Å². The van der Waals surface area contributed by atoms with Gasteiger partial charge in [-0.25, -0.2) is 0 Å². The number of hydrogen-bond acceptors (Lipinski definition) is 2. The Balaban J connectivity index is 2.89. The van der Waals surface area contributed by atoms with E-state index in [0.717, 1.165) is 35.3 Å². The lowest BCUT2D eigenvalue weighted by molar-refractivity contribution is 1.00. The van der Waals surface area contributed by atoms with E-state index >= 15 is 0 Å². The van der Waals surface area contributed by atoms with E-state index in [1.807, 2.05) is 0 Å². The van der Waals surface area contributed by atoms with Gasteiger partial charge < -0.3 is 5.41 Å². The van der Waals surface area contributed by atoms with E-state index in [4.69, 9.17) is 5.41 Å². The highest BCUT2D eigenvalue weighted by Crippen LogP contribution is 2.27. The highest BCUT2D eigenvalue weighted by molar-refractivity contribution is 7.84. The Labute approximate surface area is 85.2 Å². The maximum Gasteiger partial charge on any atom is 0.0264 e. The first-order valence-corrected chi connectivity index (χ1v) is 5.04. The predicted molar refractivity (Wildman–Crippen MR) is 61.5 cm³/mol. The minimum atomic E-state index is 0.970. The van der Waals surface area contributed by atoms with Gasteiger partial charge in [0.2, 0.25) is 0 Å². The average Bonchev–Trinajstić information content (AvgIpc) is 2.15. The zero-order valence-electron chi connectivity index (χ0n) is 7.88.